The average Bonchev–Trinajstić information content (AvgIpc) is 2.87. The van der Waals surface area contributed by atoms with Crippen LogP contribution < -0.4 is 0 Å². The molecule has 1 atom stereocenters. The maximum atomic E-state index is 4.68. The molecule has 3 heterocycles. The molecule has 0 radical (unpaired) electrons. The Bertz CT molecular complexity index is 531. The van der Waals surface area contributed by atoms with E-state index in [0.29, 0.717) is 6.04 Å². The summed E-state index contributed by atoms with van der Waals surface area (Å²) in [4.78, 5) is 11.5. The number of hydrogen-bond acceptors (Lipinski definition) is 3. The molecule has 0 spiro atoms. The normalized spacial score (nSPS) is 21.4. The number of aryl methyl sites for hydroxylation is 1. The monoisotopic (exact) mass is 230 g/mol. The second-order valence-corrected chi connectivity index (χ2v) is 4.91. The van der Waals surface area contributed by atoms with Crippen molar-refractivity contribution in [1.29, 1.82) is 0 Å². The molecule has 4 nitrogen and oxygen atoms in total. The molecule has 0 amide bonds. The van der Waals surface area contributed by atoms with Crippen LogP contribution in [-0.2, 0) is 13.5 Å². The van der Waals surface area contributed by atoms with Crippen LogP contribution in [0.4, 0.5) is 0 Å². The summed E-state index contributed by atoms with van der Waals surface area (Å²) in [5.41, 5.74) is 1.99. The highest BCUT2D eigenvalue weighted by Crippen LogP contribution is 2.20. The Labute approximate surface area is 101 Å². The van der Waals surface area contributed by atoms with Crippen molar-refractivity contribution in [3.63, 3.8) is 0 Å². The topological polar surface area (TPSA) is 34.0 Å². The quantitative estimate of drug-likeness (QED) is 0.786. The van der Waals surface area contributed by atoms with Crippen molar-refractivity contribution in [2.75, 3.05) is 13.6 Å². The van der Waals surface area contributed by atoms with Crippen LogP contribution in [0, 0.1) is 0 Å². The first-order valence-electron chi connectivity index (χ1n) is 6.22. The van der Waals surface area contributed by atoms with Gasteiger partial charge in [-0.1, -0.05) is 0 Å². The molecule has 90 valence electrons. The molecule has 1 aliphatic rings. The van der Waals surface area contributed by atoms with Crippen LogP contribution in [0.2, 0.25) is 0 Å². The van der Waals surface area contributed by atoms with Crippen molar-refractivity contribution in [3.05, 3.63) is 24.2 Å². The summed E-state index contributed by atoms with van der Waals surface area (Å²) in [5.74, 6) is 1.15. The van der Waals surface area contributed by atoms with Gasteiger partial charge in [-0.2, -0.15) is 0 Å². The van der Waals surface area contributed by atoms with Gasteiger partial charge in [0.05, 0.1) is 0 Å². The van der Waals surface area contributed by atoms with Gasteiger partial charge in [-0.05, 0) is 38.6 Å². The van der Waals surface area contributed by atoms with Crippen LogP contribution in [0.25, 0.3) is 11.2 Å². The second kappa shape index (κ2) is 4.11. The van der Waals surface area contributed by atoms with E-state index >= 15 is 0 Å². The van der Waals surface area contributed by atoms with Crippen LogP contribution in [-0.4, -0.2) is 39.1 Å². The van der Waals surface area contributed by atoms with E-state index in [4.69, 9.17) is 0 Å². The minimum atomic E-state index is 0.644. The molecular formula is C13H18N4. The molecule has 1 aliphatic heterocycles. The Balaban J connectivity index is 1.92. The number of hydrogen-bond donors (Lipinski definition) is 0. The average molecular weight is 230 g/mol. The zero-order valence-corrected chi connectivity index (χ0v) is 10.4. The Morgan fingerprint density at radius 3 is 3.00 bits per heavy atom. The van der Waals surface area contributed by atoms with Crippen molar-refractivity contribution >= 4 is 11.2 Å². The summed E-state index contributed by atoms with van der Waals surface area (Å²) in [6, 6.07) is 4.62. The van der Waals surface area contributed by atoms with Crippen LogP contribution >= 0.6 is 0 Å². The minimum Gasteiger partial charge on any atom is -0.316 e. The van der Waals surface area contributed by atoms with Gasteiger partial charge < -0.3 is 9.47 Å². The van der Waals surface area contributed by atoms with E-state index < -0.39 is 0 Å². The van der Waals surface area contributed by atoms with Gasteiger partial charge in [-0.25, -0.2) is 9.97 Å². The highest BCUT2D eigenvalue weighted by Gasteiger charge is 2.23. The summed E-state index contributed by atoms with van der Waals surface area (Å²) in [6.07, 6.45) is 5.45. The summed E-state index contributed by atoms with van der Waals surface area (Å²) < 4.78 is 2.13. The predicted molar refractivity (Wildman–Crippen MR) is 67.9 cm³/mol. The first kappa shape index (κ1) is 10.7. The van der Waals surface area contributed by atoms with Crippen molar-refractivity contribution in [3.8, 4) is 0 Å². The minimum absolute atomic E-state index is 0.644. The first-order valence-corrected chi connectivity index (χ1v) is 6.22. The van der Waals surface area contributed by atoms with E-state index in [9.17, 15) is 0 Å². The molecule has 4 heteroatoms. The molecule has 0 N–H and O–H groups in total. The summed E-state index contributed by atoms with van der Waals surface area (Å²) >= 11 is 0. The lowest BCUT2D eigenvalue weighted by atomic mass is 10.1. The Hall–Kier alpha value is -1.42. The van der Waals surface area contributed by atoms with Gasteiger partial charge >= 0.3 is 0 Å². The molecule has 0 aromatic carbocycles. The molecule has 2 aromatic heterocycles. The highest BCUT2D eigenvalue weighted by atomic mass is 15.2. The number of fused-ring (bicyclic) bond motifs is 1. The molecule has 17 heavy (non-hydrogen) atoms. The van der Waals surface area contributed by atoms with Gasteiger partial charge in [0.25, 0.3) is 0 Å². The highest BCUT2D eigenvalue weighted by molar-refractivity contribution is 5.70. The molecule has 0 saturated carbocycles. The molecule has 3 rings (SSSR count). The fraction of sp³-hybridized carbons (Fsp3) is 0.538. The Morgan fingerprint density at radius 2 is 2.29 bits per heavy atom. The largest absolute Gasteiger partial charge is 0.316 e. The lowest BCUT2D eigenvalue weighted by Gasteiger charge is -2.18. The third kappa shape index (κ3) is 1.82. The zero-order chi connectivity index (χ0) is 11.8. The van der Waals surface area contributed by atoms with Crippen LogP contribution in [0.5, 0.6) is 0 Å². The van der Waals surface area contributed by atoms with E-state index in [1.807, 2.05) is 18.3 Å². The molecule has 2 aromatic rings. The number of rotatable bonds is 2. The van der Waals surface area contributed by atoms with E-state index in [-0.39, 0.29) is 0 Å². The molecule has 0 aliphatic carbocycles. The van der Waals surface area contributed by atoms with Gasteiger partial charge in [0, 0.05) is 25.7 Å². The summed E-state index contributed by atoms with van der Waals surface area (Å²) in [7, 11) is 4.27. The van der Waals surface area contributed by atoms with Crippen LogP contribution in [0.1, 0.15) is 18.7 Å². The lowest BCUT2D eigenvalue weighted by Crippen LogP contribution is -2.27. The molecule has 1 fully saturated rings. The van der Waals surface area contributed by atoms with E-state index in [1.165, 1.54) is 19.4 Å². The van der Waals surface area contributed by atoms with E-state index in [1.54, 1.807) is 0 Å². The lowest BCUT2D eigenvalue weighted by molar-refractivity contribution is 0.304. The molecule has 0 bridgehead atoms. The number of likely N-dealkylation sites (tertiary alicyclic amines) is 1. The fourth-order valence-corrected chi connectivity index (χ4v) is 2.70. The number of likely N-dealkylation sites (N-methyl/N-ethyl adjacent to an activating group) is 1. The number of pyridine rings is 1. The van der Waals surface area contributed by atoms with Crippen molar-refractivity contribution < 1.29 is 0 Å². The third-order valence-electron chi connectivity index (χ3n) is 3.81. The van der Waals surface area contributed by atoms with Gasteiger partial charge in [0.15, 0.2) is 5.65 Å². The zero-order valence-electron chi connectivity index (χ0n) is 10.4. The van der Waals surface area contributed by atoms with Gasteiger partial charge in [-0.15, -0.1) is 0 Å². The number of aromatic nitrogens is 3. The second-order valence-electron chi connectivity index (χ2n) is 4.91. The van der Waals surface area contributed by atoms with Gasteiger partial charge in [-0.3, -0.25) is 0 Å². The maximum absolute atomic E-state index is 4.68. The van der Waals surface area contributed by atoms with E-state index in [0.717, 1.165) is 23.4 Å². The SMILES string of the molecule is CN1CCCC1Cc1nc2cccnc2n1C. The van der Waals surface area contributed by atoms with Crippen molar-refractivity contribution in [2.24, 2.45) is 7.05 Å². The number of nitrogens with zero attached hydrogens (tertiary/aromatic N) is 4. The predicted octanol–water partition coefficient (Wildman–Crippen LogP) is 1.60. The Morgan fingerprint density at radius 1 is 1.41 bits per heavy atom. The van der Waals surface area contributed by atoms with Crippen LogP contribution in [0.15, 0.2) is 18.3 Å². The molecule has 1 unspecified atom stereocenters. The molecule has 1 saturated heterocycles. The molecular weight excluding hydrogens is 212 g/mol. The standard InChI is InChI=1S/C13H18N4/c1-16-8-4-5-10(16)9-12-15-11-6-3-7-14-13(11)17(12)2/h3,6-7,10H,4-5,8-9H2,1-2H3. The first-order chi connectivity index (χ1) is 8.25. The maximum Gasteiger partial charge on any atom is 0.159 e. The van der Waals surface area contributed by atoms with E-state index in [2.05, 4.69) is 33.5 Å². The summed E-state index contributed by atoms with van der Waals surface area (Å²) in [6.45, 7) is 1.22. The van der Waals surface area contributed by atoms with Crippen molar-refractivity contribution in [1.82, 2.24) is 19.4 Å². The summed E-state index contributed by atoms with van der Waals surface area (Å²) in [5, 5.41) is 0. The van der Waals surface area contributed by atoms with Crippen molar-refractivity contribution in [2.45, 2.75) is 25.3 Å². The van der Waals surface area contributed by atoms with Gasteiger partial charge in [0.2, 0.25) is 0 Å². The smallest absolute Gasteiger partial charge is 0.159 e. The Kier molecular flexibility index (Phi) is 2.59. The fourth-order valence-electron chi connectivity index (χ4n) is 2.70. The van der Waals surface area contributed by atoms with Gasteiger partial charge in [0.1, 0.15) is 11.3 Å². The van der Waals surface area contributed by atoms with Crippen LogP contribution in [0.3, 0.4) is 0 Å². The third-order valence-corrected chi connectivity index (χ3v) is 3.81. The number of imidazole rings is 1.